The van der Waals surface area contributed by atoms with Crippen LogP contribution >= 0.6 is 0 Å². The average Bonchev–Trinajstić information content (AvgIpc) is 1.83. The highest BCUT2D eigenvalue weighted by atomic mass is 16.5. The summed E-state index contributed by atoms with van der Waals surface area (Å²) in [6, 6.07) is 0. The van der Waals surface area contributed by atoms with Gasteiger partial charge in [-0.05, 0) is 6.08 Å². The molecule has 1 N–H and O–H groups in total. The summed E-state index contributed by atoms with van der Waals surface area (Å²) in [5.74, 6) is -0.675. The summed E-state index contributed by atoms with van der Waals surface area (Å²) in [7, 11) is 1.26. The number of hydrogen-bond donors (Lipinski definition) is 1. The van der Waals surface area contributed by atoms with E-state index >= 15 is 0 Å². The smallest absolute Gasteiger partial charge is 0.330 e. The molecule has 0 aromatic carbocycles. The van der Waals surface area contributed by atoms with E-state index in [9.17, 15) is 4.79 Å². The van der Waals surface area contributed by atoms with Crippen LogP contribution < -0.4 is 0 Å². The number of esters is 1. The Morgan fingerprint density at radius 3 is 2.56 bits per heavy atom. The van der Waals surface area contributed by atoms with Crippen molar-refractivity contribution in [3.8, 4) is 0 Å². The van der Waals surface area contributed by atoms with Gasteiger partial charge in [0, 0.05) is 6.08 Å². The lowest BCUT2D eigenvalue weighted by Gasteiger charge is -1.87. The molecule has 9 heavy (non-hydrogen) atoms. The van der Waals surface area contributed by atoms with Crippen molar-refractivity contribution in [2.24, 2.45) is 0 Å². The van der Waals surface area contributed by atoms with Gasteiger partial charge in [0.2, 0.25) is 0 Å². The quantitative estimate of drug-likeness (QED) is 0.259. The molecule has 3 nitrogen and oxygen atoms in total. The number of aliphatic hydroxyl groups is 1. The van der Waals surface area contributed by atoms with E-state index in [2.05, 4.69) is 11.3 Å². The molecule has 0 fully saturated rings. The van der Waals surface area contributed by atoms with Crippen molar-refractivity contribution in [2.45, 2.75) is 0 Å². The predicted molar refractivity (Wildman–Crippen MR) is 32.9 cm³/mol. The lowest BCUT2D eigenvalue weighted by atomic mass is 10.4. The van der Waals surface area contributed by atoms with E-state index in [0.717, 1.165) is 12.2 Å². The molecule has 0 aromatic rings. The molecule has 3 heteroatoms. The average molecular weight is 128 g/mol. The molecule has 0 unspecified atom stereocenters. The van der Waals surface area contributed by atoms with Crippen LogP contribution in [0.3, 0.4) is 0 Å². The molecule has 0 aliphatic rings. The van der Waals surface area contributed by atoms with Crippen molar-refractivity contribution in [3.05, 3.63) is 24.5 Å². The third kappa shape index (κ3) is 4.61. The van der Waals surface area contributed by atoms with Crippen LogP contribution in [0, 0.1) is 0 Å². The van der Waals surface area contributed by atoms with Crippen molar-refractivity contribution in [2.75, 3.05) is 7.11 Å². The maximum atomic E-state index is 10.3. The Morgan fingerprint density at radius 2 is 2.22 bits per heavy atom. The zero-order valence-electron chi connectivity index (χ0n) is 5.13. The Hall–Kier alpha value is -1.25. The summed E-state index contributed by atoms with van der Waals surface area (Å²) in [6.07, 6.45) is 2.24. The van der Waals surface area contributed by atoms with Crippen LogP contribution in [0.1, 0.15) is 0 Å². The summed E-state index contributed by atoms with van der Waals surface area (Å²) in [5, 5.41) is 8.41. The molecular weight excluding hydrogens is 120 g/mol. The topological polar surface area (TPSA) is 46.5 Å². The van der Waals surface area contributed by atoms with E-state index in [1.807, 2.05) is 0 Å². The fraction of sp³-hybridized carbons (Fsp3) is 0.167. The van der Waals surface area contributed by atoms with Crippen LogP contribution in [0.5, 0.6) is 0 Å². The van der Waals surface area contributed by atoms with Gasteiger partial charge >= 0.3 is 5.97 Å². The van der Waals surface area contributed by atoms with Crippen molar-refractivity contribution < 1.29 is 14.6 Å². The van der Waals surface area contributed by atoms with E-state index in [1.165, 1.54) is 7.11 Å². The van der Waals surface area contributed by atoms with E-state index in [0.29, 0.717) is 0 Å². The van der Waals surface area contributed by atoms with Gasteiger partial charge < -0.3 is 9.84 Å². The van der Waals surface area contributed by atoms with E-state index < -0.39 is 5.97 Å². The van der Waals surface area contributed by atoms with Crippen molar-refractivity contribution in [1.82, 2.24) is 0 Å². The van der Waals surface area contributed by atoms with Gasteiger partial charge in [0.15, 0.2) is 0 Å². The first-order chi connectivity index (χ1) is 4.16. The molecule has 0 aliphatic heterocycles. The molecule has 0 amide bonds. The van der Waals surface area contributed by atoms with Crippen LogP contribution in [0.4, 0.5) is 0 Å². The minimum absolute atomic E-state index is 0.166. The number of hydrogen-bond acceptors (Lipinski definition) is 3. The second-order valence-electron chi connectivity index (χ2n) is 1.35. The Balaban J connectivity index is 3.71. The Morgan fingerprint density at radius 1 is 1.67 bits per heavy atom. The van der Waals surface area contributed by atoms with E-state index in [1.54, 1.807) is 0 Å². The van der Waals surface area contributed by atoms with Gasteiger partial charge in [0.1, 0.15) is 5.76 Å². The number of aliphatic hydroxyl groups excluding tert-OH is 1. The minimum Gasteiger partial charge on any atom is -0.509 e. The van der Waals surface area contributed by atoms with Gasteiger partial charge in [-0.15, -0.1) is 0 Å². The first kappa shape index (κ1) is 7.75. The van der Waals surface area contributed by atoms with Gasteiger partial charge in [-0.1, -0.05) is 6.58 Å². The number of carbonyl (C=O) groups is 1. The summed E-state index contributed by atoms with van der Waals surface area (Å²) in [6.45, 7) is 3.12. The molecule has 0 saturated carbocycles. The molecular formula is C6H8O3. The zero-order valence-corrected chi connectivity index (χ0v) is 5.13. The van der Waals surface area contributed by atoms with Crippen molar-refractivity contribution >= 4 is 5.97 Å². The van der Waals surface area contributed by atoms with Gasteiger partial charge in [-0.25, -0.2) is 4.79 Å². The van der Waals surface area contributed by atoms with Gasteiger partial charge in [-0.2, -0.15) is 0 Å². The molecule has 0 aliphatic carbocycles. The van der Waals surface area contributed by atoms with E-state index in [4.69, 9.17) is 5.11 Å². The van der Waals surface area contributed by atoms with Crippen LogP contribution in [0.15, 0.2) is 24.5 Å². The highest BCUT2D eigenvalue weighted by Crippen LogP contribution is 1.85. The normalized spacial score (nSPS) is 9.44. The lowest BCUT2D eigenvalue weighted by molar-refractivity contribution is -0.134. The van der Waals surface area contributed by atoms with Gasteiger partial charge in [-0.3, -0.25) is 0 Å². The third-order valence-corrected chi connectivity index (χ3v) is 0.613. The standard InChI is InChI=1S/C6H8O3/c1-5(7)3-4-6(8)9-2/h3-4,7H,1H2,2H3/b4-3+. The molecule has 50 valence electrons. The zero-order chi connectivity index (χ0) is 7.28. The highest BCUT2D eigenvalue weighted by Gasteiger charge is 1.88. The fourth-order valence-corrected chi connectivity index (χ4v) is 0.232. The maximum Gasteiger partial charge on any atom is 0.330 e. The number of carbonyl (C=O) groups excluding carboxylic acids is 1. The Labute approximate surface area is 53.3 Å². The van der Waals surface area contributed by atoms with Crippen LogP contribution in [-0.4, -0.2) is 18.2 Å². The minimum atomic E-state index is -0.509. The number of methoxy groups -OCH3 is 1. The summed E-state index contributed by atoms with van der Waals surface area (Å²) < 4.78 is 4.22. The second-order valence-corrected chi connectivity index (χ2v) is 1.35. The molecule has 0 radical (unpaired) electrons. The summed E-state index contributed by atoms with van der Waals surface area (Å²) >= 11 is 0. The van der Waals surface area contributed by atoms with Crippen molar-refractivity contribution in [3.63, 3.8) is 0 Å². The second kappa shape index (κ2) is 3.72. The molecule has 0 spiro atoms. The van der Waals surface area contributed by atoms with E-state index in [-0.39, 0.29) is 5.76 Å². The number of allylic oxidation sites excluding steroid dienone is 1. The molecule has 0 saturated heterocycles. The summed E-state index contributed by atoms with van der Waals surface area (Å²) in [5.41, 5.74) is 0. The predicted octanol–water partition coefficient (Wildman–Crippen LogP) is 0.787. The molecule has 0 aromatic heterocycles. The lowest BCUT2D eigenvalue weighted by Crippen LogP contribution is -1.93. The first-order valence-corrected chi connectivity index (χ1v) is 2.30. The number of ether oxygens (including phenoxy) is 1. The van der Waals surface area contributed by atoms with Gasteiger partial charge in [0.25, 0.3) is 0 Å². The van der Waals surface area contributed by atoms with Crippen molar-refractivity contribution in [1.29, 1.82) is 0 Å². The first-order valence-electron chi connectivity index (χ1n) is 2.30. The number of rotatable bonds is 2. The van der Waals surface area contributed by atoms with Crippen LogP contribution in [-0.2, 0) is 9.53 Å². The SMILES string of the molecule is C=C(O)/C=C/C(=O)OC. The Kier molecular flexibility index (Phi) is 3.20. The largest absolute Gasteiger partial charge is 0.509 e. The molecule has 0 heterocycles. The highest BCUT2D eigenvalue weighted by molar-refractivity contribution is 5.82. The Bertz CT molecular complexity index is 146. The summed E-state index contributed by atoms with van der Waals surface area (Å²) in [4.78, 5) is 10.3. The van der Waals surface area contributed by atoms with Crippen LogP contribution in [0.25, 0.3) is 0 Å². The van der Waals surface area contributed by atoms with Crippen LogP contribution in [0.2, 0.25) is 0 Å². The fourth-order valence-electron chi connectivity index (χ4n) is 0.232. The van der Waals surface area contributed by atoms with Gasteiger partial charge in [0.05, 0.1) is 7.11 Å². The molecule has 0 rings (SSSR count). The maximum absolute atomic E-state index is 10.3. The third-order valence-electron chi connectivity index (χ3n) is 0.613. The monoisotopic (exact) mass is 128 g/mol. The molecule has 0 bridgehead atoms. The molecule has 0 atom stereocenters.